The predicted octanol–water partition coefficient (Wildman–Crippen LogP) is 3.99. The largest absolute Gasteiger partial charge is 0.508 e. The summed E-state index contributed by atoms with van der Waals surface area (Å²) < 4.78 is 10.7. The van der Waals surface area contributed by atoms with Crippen molar-refractivity contribution in [3.05, 3.63) is 58.1 Å². The van der Waals surface area contributed by atoms with Crippen LogP contribution in [0.1, 0.15) is 54.5 Å². The smallest absolute Gasteiger partial charge is 0.344 e. The van der Waals surface area contributed by atoms with E-state index in [1.807, 2.05) is 32.0 Å². The molecule has 3 N–H and O–H groups in total. The van der Waals surface area contributed by atoms with Crippen LogP contribution in [0.3, 0.4) is 0 Å². The molecule has 0 saturated heterocycles. The third kappa shape index (κ3) is 5.73. The quantitative estimate of drug-likeness (QED) is 0.672. The van der Waals surface area contributed by atoms with E-state index in [2.05, 4.69) is 19.9 Å². The summed E-state index contributed by atoms with van der Waals surface area (Å²) in [6, 6.07) is 9.66. The van der Waals surface area contributed by atoms with Gasteiger partial charge < -0.3 is 20.3 Å². The number of hydrogen-bond acceptors (Lipinski definition) is 5. The summed E-state index contributed by atoms with van der Waals surface area (Å²) >= 11 is 0. The number of carbonyl (C=O) groups excluding carboxylic acids is 1. The molecule has 0 bridgehead atoms. The van der Waals surface area contributed by atoms with E-state index in [1.54, 1.807) is 13.0 Å². The van der Waals surface area contributed by atoms with Crippen LogP contribution >= 0.6 is 0 Å². The fourth-order valence-electron chi connectivity index (χ4n) is 3.15. The van der Waals surface area contributed by atoms with Crippen molar-refractivity contribution in [2.24, 2.45) is 5.73 Å². The normalized spacial score (nSPS) is 12.1. The lowest BCUT2D eigenvalue weighted by atomic mass is 9.93. The van der Waals surface area contributed by atoms with E-state index < -0.39 is 5.97 Å². The first kappa shape index (κ1) is 21.8. The topological polar surface area (TPSA) is 81.8 Å². The molecule has 0 spiro atoms. The van der Waals surface area contributed by atoms with Crippen LogP contribution in [0.2, 0.25) is 0 Å². The molecule has 0 aliphatic heterocycles. The maximum absolute atomic E-state index is 11.8. The van der Waals surface area contributed by atoms with Gasteiger partial charge in [-0.25, -0.2) is 4.79 Å². The number of ether oxygens (including phenoxy) is 2. The van der Waals surface area contributed by atoms with Gasteiger partial charge in [-0.15, -0.1) is 0 Å². The summed E-state index contributed by atoms with van der Waals surface area (Å²) in [4.78, 5) is 11.8. The number of benzene rings is 2. The van der Waals surface area contributed by atoms with Crippen molar-refractivity contribution >= 4 is 5.97 Å². The van der Waals surface area contributed by atoms with E-state index in [1.165, 1.54) is 5.56 Å². The van der Waals surface area contributed by atoms with Crippen LogP contribution < -0.4 is 10.5 Å². The van der Waals surface area contributed by atoms with Gasteiger partial charge in [-0.1, -0.05) is 26.0 Å². The van der Waals surface area contributed by atoms with Crippen molar-refractivity contribution in [3.8, 4) is 11.5 Å². The lowest BCUT2D eigenvalue weighted by Crippen LogP contribution is -2.26. The van der Waals surface area contributed by atoms with Gasteiger partial charge in [0.2, 0.25) is 0 Å². The standard InChI is InChI=1S/C23H31NO4/c1-14(2)20-10-18(6-7-22(20)25)11-21-15(3)8-19(9-16(21)4)27-13-23(26)28-17(5)12-24/h6-10,14,17,25H,11-13,24H2,1-5H3. The van der Waals surface area contributed by atoms with Gasteiger partial charge in [-0.2, -0.15) is 0 Å². The number of phenolic OH excluding ortho intramolecular Hbond substituents is 1. The molecule has 0 amide bonds. The number of hydrogen-bond donors (Lipinski definition) is 2. The van der Waals surface area contributed by atoms with Gasteiger partial charge in [0.25, 0.3) is 0 Å². The number of nitrogens with two attached hydrogens (primary N) is 1. The fourth-order valence-corrected chi connectivity index (χ4v) is 3.15. The summed E-state index contributed by atoms with van der Waals surface area (Å²) in [6.45, 7) is 10.1. The highest BCUT2D eigenvalue weighted by molar-refractivity contribution is 5.71. The first-order valence-electron chi connectivity index (χ1n) is 9.65. The highest BCUT2D eigenvalue weighted by atomic mass is 16.6. The molecule has 28 heavy (non-hydrogen) atoms. The molecule has 0 radical (unpaired) electrons. The Kier molecular flexibility index (Phi) is 7.46. The minimum Gasteiger partial charge on any atom is -0.508 e. The zero-order valence-electron chi connectivity index (χ0n) is 17.4. The molecule has 152 valence electrons. The molecular formula is C23H31NO4. The Labute approximate surface area is 167 Å². The fraction of sp³-hybridized carbons (Fsp3) is 0.435. The van der Waals surface area contributed by atoms with E-state index >= 15 is 0 Å². The minimum atomic E-state index is -0.428. The molecule has 2 rings (SSSR count). The summed E-state index contributed by atoms with van der Waals surface area (Å²) in [6.07, 6.45) is 0.455. The summed E-state index contributed by atoms with van der Waals surface area (Å²) in [5.74, 6) is 0.818. The zero-order chi connectivity index (χ0) is 20.8. The predicted molar refractivity (Wildman–Crippen MR) is 111 cm³/mol. The van der Waals surface area contributed by atoms with E-state index in [4.69, 9.17) is 15.2 Å². The number of aromatic hydroxyl groups is 1. The Balaban J connectivity index is 2.12. The third-order valence-corrected chi connectivity index (χ3v) is 4.79. The molecular weight excluding hydrogens is 354 g/mol. The molecule has 1 atom stereocenters. The molecule has 2 aromatic carbocycles. The van der Waals surface area contributed by atoms with E-state index in [9.17, 15) is 9.90 Å². The Hall–Kier alpha value is -2.53. The maximum Gasteiger partial charge on any atom is 0.344 e. The molecule has 1 unspecified atom stereocenters. The third-order valence-electron chi connectivity index (χ3n) is 4.79. The Morgan fingerprint density at radius 3 is 2.32 bits per heavy atom. The van der Waals surface area contributed by atoms with Gasteiger partial charge in [0, 0.05) is 6.54 Å². The molecule has 5 heteroatoms. The Morgan fingerprint density at radius 2 is 1.75 bits per heavy atom. The van der Waals surface area contributed by atoms with Crippen molar-refractivity contribution in [1.29, 1.82) is 0 Å². The number of carbonyl (C=O) groups is 1. The zero-order valence-corrected chi connectivity index (χ0v) is 17.4. The van der Waals surface area contributed by atoms with Crippen LogP contribution in [0.4, 0.5) is 0 Å². The summed E-state index contributed by atoms with van der Waals surface area (Å²) in [5.41, 5.74) is 11.0. The number of phenols is 1. The van der Waals surface area contributed by atoms with Crippen LogP contribution in [0.5, 0.6) is 11.5 Å². The second-order valence-electron chi connectivity index (χ2n) is 7.59. The van der Waals surface area contributed by atoms with Crippen molar-refractivity contribution in [1.82, 2.24) is 0 Å². The van der Waals surface area contributed by atoms with Crippen LogP contribution in [-0.2, 0) is 16.0 Å². The first-order valence-corrected chi connectivity index (χ1v) is 9.65. The molecule has 0 saturated carbocycles. The second kappa shape index (κ2) is 9.60. The van der Waals surface area contributed by atoms with Crippen LogP contribution in [0, 0.1) is 13.8 Å². The van der Waals surface area contributed by atoms with Gasteiger partial charge in [0.15, 0.2) is 6.61 Å². The van der Waals surface area contributed by atoms with Gasteiger partial charge in [-0.05, 0) is 79.1 Å². The average Bonchev–Trinajstić information content (AvgIpc) is 2.63. The molecule has 0 heterocycles. The highest BCUT2D eigenvalue weighted by Crippen LogP contribution is 2.29. The second-order valence-corrected chi connectivity index (χ2v) is 7.59. The van der Waals surface area contributed by atoms with Gasteiger partial charge >= 0.3 is 5.97 Å². The van der Waals surface area contributed by atoms with Crippen molar-refractivity contribution < 1.29 is 19.4 Å². The molecule has 2 aromatic rings. The number of aryl methyl sites for hydroxylation is 2. The van der Waals surface area contributed by atoms with E-state index in [0.29, 0.717) is 11.5 Å². The molecule has 5 nitrogen and oxygen atoms in total. The lowest BCUT2D eigenvalue weighted by Gasteiger charge is -2.16. The Bertz CT molecular complexity index is 806. The van der Waals surface area contributed by atoms with Gasteiger partial charge in [0.05, 0.1) is 0 Å². The highest BCUT2D eigenvalue weighted by Gasteiger charge is 2.13. The summed E-state index contributed by atoms with van der Waals surface area (Å²) in [5, 5.41) is 10.0. The molecule has 0 aliphatic rings. The first-order chi connectivity index (χ1) is 13.2. The summed E-state index contributed by atoms with van der Waals surface area (Å²) in [7, 11) is 0. The van der Waals surface area contributed by atoms with Crippen LogP contribution in [0.15, 0.2) is 30.3 Å². The lowest BCUT2D eigenvalue weighted by molar-refractivity contribution is -0.150. The van der Waals surface area contributed by atoms with Gasteiger partial charge in [0.1, 0.15) is 17.6 Å². The number of esters is 1. The monoisotopic (exact) mass is 385 g/mol. The van der Waals surface area contributed by atoms with E-state index in [0.717, 1.165) is 28.7 Å². The Morgan fingerprint density at radius 1 is 1.11 bits per heavy atom. The molecule has 0 fully saturated rings. The molecule has 0 aliphatic carbocycles. The van der Waals surface area contributed by atoms with Crippen molar-refractivity contribution in [2.45, 2.75) is 53.1 Å². The maximum atomic E-state index is 11.8. The van der Waals surface area contributed by atoms with Crippen LogP contribution in [0.25, 0.3) is 0 Å². The van der Waals surface area contributed by atoms with Crippen molar-refractivity contribution in [2.75, 3.05) is 13.2 Å². The number of rotatable bonds is 8. The molecule has 0 aromatic heterocycles. The SMILES string of the molecule is Cc1cc(OCC(=O)OC(C)CN)cc(C)c1Cc1ccc(O)c(C(C)C)c1. The average molecular weight is 386 g/mol. The van der Waals surface area contributed by atoms with E-state index in [-0.39, 0.29) is 25.2 Å². The van der Waals surface area contributed by atoms with Gasteiger partial charge in [-0.3, -0.25) is 0 Å². The van der Waals surface area contributed by atoms with Crippen LogP contribution in [-0.4, -0.2) is 30.3 Å². The van der Waals surface area contributed by atoms with Crippen molar-refractivity contribution in [3.63, 3.8) is 0 Å². The minimum absolute atomic E-state index is 0.141.